The normalized spacial score (nSPS) is 16.3. The van der Waals surface area contributed by atoms with E-state index in [1.807, 2.05) is 18.3 Å². The summed E-state index contributed by atoms with van der Waals surface area (Å²) in [6.07, 6.45) is 11.1. The smallest absolute Gasteiger partial charge is 0.163 e. The molecule has 2 N–H and O–H groups in total. The number of aromatic amines is 1. The van der Waals surface area contributed by atoms with Gasteiger partial charge >= 0.3 is 0 Å². The van der Waals surface area contributed by atoms with Gasteiger partial charge in [-0.3, -0.25) is 10.1 Å². The van der Waals surface area contributed by atoms with Crippen molar-refractivity contribution in [2.75, 3.05) is 23.3 Å². The first kappa shape index (κ1) is 20.9. The Morgan fingerprint density at radius 1 is 1.03 bits per heavy atom. The molecule has 5 aromatic rings. The van der Waals surface area contributed by atoms with Crippen molar-refractivity contribution in [2.45, 2.75) is 31.6 Å². The maximum absolute atomic E-state index is 4.91. The summed E-state index contributed by atoms with van der Waals surface area (Å²) in [5.41, 5.74) is 6.68. The standard InChI is InChI=1S/C27H25N9/c1-2-9-23-19(6-1)18(15-36(23)27-21-14-32-35-26(21)30-16-31-27)10-12-29-25-20-7-3-8-22(20)33-24(34-25)17-5-4-11-28-13-17/h1-2,4-6,9,11,13-14,16,18H,3,7-8,10,12,15H2,(H,29,33,34)(H,30,31,32,35). The van der Waals surface area contributed by atoms with Crippen LogP contribution >= 0.6 is 0 Å². The number of benzene rings is 1. The van der Waals surface area contributed by atoms with Gasteiger partial charge in [0.1, 0.15) is 18.0 Å². The van der Waals surface area contributed by atoms with E-state index in [-0.39, 0.29) is 0 Å². The summed E-state index contributed by atoms with van der Waals surface area (Å²) in [7, 11) is 0. The van der Waals surface area contributed by atoms with E-state index in [2.05, 4.69) is 59.6 Å². The first-order valence-corrected chi connectivity index (χ1v) is 12.4. The molecule has 0 spiro atoms. The van der Waals surface area contributed by atoms with Crippen LogP contribution in [-0.2, 0) is 12.8 Å². The summed E-state index contributed by atoms with van der Waals surface area (Å²) >= 11 is 0. The maximum Gasteiger partial charge on any atom is 0.163 e. The maximum atomic E-state index is 4.91. The van der Waals surface area contributed by atoms with Gasteiger partial charge in [0.05, 0.1) is 11.6 Å². The molecule has 0 amide bonds. The Morgan fingerprint density at radius 2 is 2.00 bits per heavy atom. The number of nitrogens with zero attached hydrogens (tertiary/aromatic N) is 7. The van der Waals surface area contributed by atoms with E-state index in [9.17, 15) is 0 Å². The van der Waals surface area contributed by atoms with Gasteiger partial charge in [-0.15, -0.1) is 0 Å². The van der Waals surface area contributed by atoms with Crippen molar-refractivity contribution in [1.29, 1.82) is 0 Å². The number of hydrogen-bond acceptors (Lipinski definition) is 8. The molecule has 7 rings (SSSR count). The molecule has 1 atom stereocenters. The van der Waals surface area contributed by atoms with E-state index in [0.29, 0.717) is 5.92 Å². The van der Waals surface area contributed by atoms with Crippen molar-refractivity contribution in [3.8, 4) is 11.4 Å². The number of rotatable bonds is 6. The summed E-state index contributed by atoms with van der Waals surface area (Å²) < 4.78 is 0. The largest absolute Gasteiger partial charge is 0.370 e. The highest BCUT2D eigenvalue weighted by Gasteiger charge is 2.31. The average molecular weight is 476 g/mol. The quantitative estimate of drug-likeness (QED) is 0.371. The number of pyridine rings is 1. The van der Waals surface area contributed by atoms with Crippen molar-refractivity contribution < 1.29 is 0 Å². The second kappa shape index (κ2) is 8.67. The molecule has 2 aliphatic rings. The van der Waals surface area contributed by atoms with E-state index in [4.69, 9.17) is 9.97 Å². The molecule has 0 saturated carbocycles. The van der Waals surface area contributed by atoms with Crippen LogP contribution in [0.15, 0.2) is 61.3 Å². The third-order valence-electron chi connectivity index (χ3n) is 7.19. The summed E-state index contributed by atoms with van der Waals surface area (Å²) in [5, 5.41) is 11.7. The lowest BCUT2D eigenvalue weighted by Crippen LogP contribution is -2.19. The Hall–Kier alpha value is -4.40. The monoisotopic (exact) mass is 475 g/mol. The van der Waals surface area contributed by atoms with Crippen LogP contribution in [0.5, 0.6) is 0 Å². The molecule has 1 aliphatic carbocycles. The number of fused-ring (bicyclic) bond motifs is 3. The minimum atomic E-state index is 0.373. The molecule has 36 heavy (non-hydrogen) atoms. The van der Waals surface area contributed by atoms with Crippen molar-refractivity contribution in [1.82, 2.24) is 35.1 Å². The molecule has 9 heteroatoms. The number of nitrogens with one attached hydrogen (secondary N) is 2. The highest BCUT2D eigenvalue weighted by atomic mass is 15.2. The van der Waals surface area contributed by atoms with Gasteiger partial charge < -0.3 is 10.2 Å². The third kappa shape index (κ3) is 3.55. The Bertz CT molecular complexity index is 1550. The first-order chi connectivity index (χ1) is 17.8. The number of aromatic nitrogens is 7. The van der Waals surface area contributed by atoms with Gasteiger partial charge in [-0.2, -0.15) is 5.10 Å². The van der Waals surface area contributed by atoms with Gasteiger partial charge in [0.15, 0.2) is 11.5 Å². The predicted octanol–water partition coefficient (Wildman–Crippen LogP) is 4.43. The summed E-state index contributed by atoms with van der Waals surface area (Å²) in [6, 6.07) is 12.6. The van der Waals surface area contributed by atoms with E-state index in [1.54, 1.807) is 18.7 Å². The fourth-order valence-electron chi connectivity index (χ4n) is 5.48. The molecule has 1 aliphatic heterocycles. The van der Waals surface area contributed by atoms with Gasteiger partial charge in [0, 0.05) is 53.9 Å². The van der Waals surface area contributed by atoms with Gasteiger partial charge in [-0.25, -0.2) is 19.9 Å². The third-order valence-corrected chi connectivity index (χ3v) is 7.19. The van der Waals surface area contributed by atoms with Crippen molar-refractivity contribution in [2.24, 2.45) is 0 Å². The van der Waals surface area contributed by atoms with Crippen molar-refractivity contribution in [3.63, 3.8) is 0 Å². The first-order valence-electron chi connectivity index (χ1n) is 12.4. The molecule has 1 unspecified atom stereocenters. The highest BCUT2D eigenvalue weighted by Crippen LogP contribution is 2.43. The van der Waals surface area contributed by atoms with E-state index in [0.717, 1.165) is 78.5 Å². The van der Waals surface area contributed by atoms with Gasteiger partial charge in [-0.05, 0) is 49.4 Å². The number of hydrogen-bond donors (Lipinski definition) is 2. The Kier molecular flexibility index (Phi) is 5.04. The second-order valence-electron chi connectivity index (χ2n) is 9.33. The zero-order valence-corrected chi connectivity index (χ0v) is 19.7. The average Bonchev–Trinajstić information content (AvgIpc) is 3.68. The minimum absolute atomic E-state index is 0.373. The predicted molar refractivity (Wildman–Crippen MR) is 138 cm³/mol. The van der Waals surface area contributed by atoms with Crippen molar-refractivity contribution in [3.05, 3.63) is 78.1 Å². The topological polar surface area (TPSA) is 108 Å². The molecule has 178 valence electrons. The van der Waals surface area contributed by atoms with Gasteiger partial charge in [-0.1, -0.05) is 18.2 Å². The van der Waals surface area contributed by atoms with Crippen LogP contribution < -0.4 is 10.2 Å². The van der Waals surface area contributed by atoms with Crippen LogP contribution in [0.2, 0.25) is 0 Å². The zero-order valence-electron chi connectivity index (χ0n) is 19.7. The molecular formula is C27H25N9. The van der Waals surface area contributed by atoms with Crippen LogP contribution in [-0.4, -0.2) is 48.2 Å². The molecular weight excluding hydrogens is 450 g/mol. The number of H-pyrrole nitrogens is 1. The lowest BCUT2D eigenvalue weighted by Gasteiger charge is -2.19. The molecule has 0 fully saturated rings. The van der Waals surface area contributed by atoms with E-state index < -0.39 is 0 Å². The number of para-hydroxylation sites is 1. The Labute approximate surface area is 208 Å². The molecule has 0 bridgehead atoms. The summed E-state index contributed by atoms with van der Waals surface area (Å²) in [5.74, 6) is 2.98. The number of anilines is 3. The Morgan fingerprint density at radius 3 is 2.94 bits per heavy atom. The zero-order chi connectivity index (χ0) is 23.9. The molecule has 0 radical (unpaired) electrons. The molecule has 0 saturated heterocycles. The van der Waals surface area contributed by atoms with Crippen LogP contribution in [0.4, 0.5) is 17.3 Å². The second-order valence-corrected chi connectivity index (χ2v) is 9.33. The number of aryl methyl sites for hydroxylation is 1. The lowest BCUT2D eigenvalue weighted by atomic mass is 9.98. The van der Waals surface area contributed by atoms with Gasteiger partial charge in [0.2, 0.25) is 0 Å². The van der Waals surface area contributed by atoms with Gasteiger partial charge in [0.25, 0.3) is 0 Å². The van der Waals surface area contributed by atoms with Crippen LogP contribution in [0, 0.1) is 0 Å². The minimum Gasteiger partial charge on any atom is -0.370 e. The molecule has 1 aromatic carbocycles. The molecule has 5 heterocycles. The summed E-state index contributed by atoms with van der Waals surface area (Å²) in [6.45, 7) is 1.69. The summed E-state index contributed by atoms with van der Waals surface area (Å²) in [4.78, 5) is 25.2. The molecule has 4 aromatic heterocycles. The van der Waals surface area contributed by atoms with Crippen LogP contribution in [0.25, 0.3) is 22.4 Å². The highest BCUT2D eigenvalue weighted by molar-refractivity contribution is 5.90. The van der Waals surface area contributed by atoms with Crippen molar-refractivity contribution >= 4 is 28.4 Å². The van der Waals surface area contributed by atoms with Crippen LogP contribution in [0.1, 0.15) is 35.6 Å². The Balaban J connectivity index is 1.13. The van der Waals surface area contributed by atoms with E-state index in [1.165, 1.54) is 16.8 Å². The molecule has 9 nitrogen and oxygen atoms in total. The fraction of sp³-hybridized carbons (Fsp3) is 0.259. The van der Waals surface area contributed by atoms with Crippen LogP contribution in [0.3, 0.4) is 0 Å². The fourth-order valence-corrected chi connectivity index (χ4v) is 5.48. The van der Waals surface area contributed by atoms with E-state index >= 15 is 0 Å². The lowest BCUT2D eigenvalue weighted by molar-refractivity contribution is 0.679. The SMILES string of the molecule is c1cncc(-c2nc3c(c(NCCC4CN(c5ncnc6[nH]ncc56)c5ccccc54)n2)CCC3)c1.